The van der Waals surface area contributed by atoms with Gasteiger partial charge in [-0.25, -0.2) is 0 Å². The third kappa shape index (κ3) is 3.81. The normalized spacial score (nSPS) is 13.6. The molecule has 0 fully saturated rings. The average Bonchev–Trinajstić information content (AvgIpc) is 2.86. The summed E-state index contributed by atoms with van der Waals surface area (Å²) in [5, 5.41) is 22.2. The van der Waals surface area contributed by atoms with Gasteiger partial charge in [0.2, 0.25) is 0 Å². The molecule has 2 aromatic rings. The third-order valence-electron chi connectivity index (χ3n) is 3.01. The molecule has 1 atom stereocenters. The lowest BCUT2D eigenvalue weighted by Crippen LogP contribution is -2.14. The van der Waals surface area contributed by atoms with Gasteiger partial charge < -0.3 is 10.4 Å². The maximum atomic E-state index is 12.7. The van der Waals surface area contributed by atoms with Crippen LogP contribution in [0.1, 0.15) is 25.6 Å². The lowest BCUT2D eigenvalue weighted by molar-refractivity contribution is -0.146. The quantitative estimate of drug-likeness (QED) is 0.798. The van der Waals surface area contributed by atoms with E-state index in [1.54, 1.807) is 6.07 Å². The van der Waals surface area contributed by atoms with Crippen LogP contribution in [0.15, 0.2) is 12.1 Å². The van der Waals surface area contributed by atoms with Gasteiger partial charge in [0.1, 0.15) is 5.82 Å². The fourth-order valence-corrected chi connectivity index (χ4v) is 1.82. The Bertz CT molecular complexity index is 598. The standard InChI is InChI=1S/C12H16F3N5O/c1-8(7-21)3-2-6-16-9-4-5-10-17-18-11(12(13,14)15)20(10)19-9/h4-5,8,21H,2-3,6-7H2,1H3,(H,16,19). The lowest BCUT2D eigenvalue weighted by Gasteiger charge is -2.09. The molecule has 9 heteroatoms. The van der Waals surface area contributed by atoms with Crippen molar-refractivity contribution in [2.75, 3.05) is 18.5 Å². The van der Waals surface area contributed by atoms with Crippen molar-refractivity contribution in [1.29, 1.82) is 0 Å². The molecule has 1 unspecified atom stereocenters. The van der Waals surface area contributed by atoms with Gasteiger partial charge in [-0.05, 0) is 30.9 Å². The van der Waals surface area contributed by atoms with E-state index < -0.39 is 12.0 Å². The number of fused-ring (bicyclic) bond motifs is 1. The lowest BCUT2D eigenvalue weighted by atomic mass is 10.1. The molecule has 2 N–H and O–H groups in total. The van der Waals surface area contributed by atoms with Crippen molar-refractivity contribution < 1.29 is 18.3 Å². The van der Waals surface area contributed by atoms with Crippen LogP contribution in [0.3, 0.4) is 0 Å². The van der Waals surface area contributed by atoms with E-state index in [0.717, 1.165) is 12.8 Å². The highest BCUT2D eigenvalue weighted by Gasteiger charge is 2.37. The van der Waals surface area contributed by atoms with Crippen LogP contribution in [0.5, 0.6) is 0 Å². The molecular weight excluding hydrogens is 287 g/mol. The maximum absolute atomic E-state index is 12.7. The highest BCUT2D eigenvalue weighted by molar-refractivity contribution is 5.44. The molecule has 0 radical (unpaired) electrons. The van der Waals surface area contributed by atoms with E-state index in [1.165, 1.54) is 6.07 Å². The summed E-state index contributed by atoms with van der Waals surface area (Å²) in [6, 6.07) is 2.98. The molecule has 0 aliphatic carbocycles. The molecule has 0 saturated heterocycles. The molecule has 21 heavy (non-hydrogen) atoms. The summed E-state index contributed by atoms with van der Waals surface area (Å²) in [5.74, 6) is -0.614. The second-order valence-electron chi connectivity index (χ2n) is 4.87. The fraction of sp³-hybridized carbons (Fsp3) is 0.583. The zero-order valence-electron chi connectivity index (χ0n) is 11.4. The van der Waals surface area contributed by atoms with Crippen LogP contribution in [0.4, 0.5) is 19.0 Å². The zero-order chi connectivity index (χ0) is 15.5. The number of aliphatic hydroxyl groups is 1. The second-order valence-corrected chi connectivity index (χ2v) is 4.87. The first-order valence-corrected chi connectivity index (χ1v) is 6.56. The Hall–Kier alpha value is -1.90. The molecule has 0 spiro atoms. The van der Waals surface area contributed by atoms with Crippen molar-refractivity contribution in [3.8, 4) is 0 Å². The smallest absolute Gasteiger partial charge is 0.396 e. The summed E-state index contributed by atoms with van der Waals surface area (Å²) in [5.41, 5.74) is 0.0433. The van der Waals surface area contributed by atoms with Crippen molar-refractivity contribution in [3.05, 3.63) is 18.0 Å². The van der Waals surface area contributed by atoms with Gasteiger partial charge >= 0.3 is 6.18 Å². The summed E-state index contributed by atoms with van der Waals surface area (Å²) >= 11 is 0. The highest BCUT2D eigenvalue weighted by Crippen LogP contribution is 2.27. The molecule has 2 rings (SSSR count). The van der Waals surface area contributed by atoms with Gasteiger partial charge in [0.25, 0.3) is 5.82 Å². The summed E-state index contributed by atoms with van der Waals surface area (Å²) in [7, 11) is 0. The molecule has 6 nitrogen and oxygen atoms in total. The molecular formula is C12H16F3N5O. The van der Waals surface area contributed by atoms with Gasteiger partial charge in [0.15, 0.2) is 5.65 Å². The Morgan fingerprint density at radius 1 is 1.33 bits per heavy atom. The molecule has 0 aliphatic rings. The van der Waals surface area contributed by atoms with Crippen molar-refractivity contribution in [2.24, 2.45) is 5.92 Å². The molecule has 0 saturated carbocycles. The number of anilines is 1. The first-order valence-electron chi connectivity index (χ1n) is 6.56. The summed E-state index contributed by atoms with van der Waals surface area (Å²) in [6.07, 6.45) is -2.98. The van der Waals surface area contributed by atoms with E-state index >= 15 is 0 Å². The summed E-state index contributed by atoms with van der Waals surface area (Å²) < 4.78 is 38.8. The minimum absolute atomic E-state index is 0.0433. The van der Waals surface area contributed by atoms with Crippen LogP contribution in [0, 0.1) is 5.92 Å². The van der Waals surface area contributed by atoms with Crippen LogP contribution >= 0.6 is 0 Å². The summed E-state index contributed by atoms with van der Waals surface area (Å²) in [6.45, 7) is 2.61. The Morgan fingerprint density at radius 2 is 2.10 bits per heavy atom. The SMILES string of the molecule is CC(CO)CCCNc1ccc2nnc(C(F)(F)F)n2n1. The van der Waals surface area contributed by atoms with Crippen molar-refractivity contribution in [1.82, 2.24) is 19.8 Å². The third-order valence-corrected chi connectivity index (χ3v) is 3.01. The molecule has 0 aliphatic heterocycles. The molecule has 2 heterocycles. The predicted octanol–water partition coefficient (Wildman–Crippen LogP) is 1.96. The van der Waals surface area contributed by atoms with E-state index in [9.17, 15) is 13.2 Å². The first kappa shape index (κ1) is 15.5. The van der Waals surface area contributed by atoms with Gasteiger partial charge in [-0.3, -0.25) is 0 Å². The van der Waals surface area contributed by atoms with Crippen LogP contribution in [-0.4, -0.2) is 38.1 Å². The average molecular weight is 303 g/mol. The van der Waals surface area contributed by atoms with E-state index in [1.807, 2.05) is 6.92 Å². The fourth-order valence-electron chi connectivity index (χ4n) is 1.82. The van der Waals surface area contributed by atoms with E-state index in [4.69, 9.17) is 5.11 Å². The number of aliphatic hydroxyl groups excluding tert-OH is 1. The van der Waals surface area contributed by atoms with E-state index in [0.29, 0.717) is 16.9 Å². The predicted molar refractivity (Wildman–Crippen MR) is 69.8 cm³/mol. The molecule has 0 amide bonds. The van der Waals surface area contributed by atoms with Crippen LogP contribution in [-0.2, 0) is 6.18 Å². The first-order chi connectivity index (χ1) is 9.91. The van der Waals surface area contributed by atoms with Gasteiger partial charge in [-0.1, -0.05) is 6.92 Å². The molecule has 0 aromatic carbocycles. The Labute approximate surface area is 119 Å². The number of halogens is 3. The van der Waals surface area contributed by atoms with E-state index in [-0.39, 0.29) is 18.2 Å². The maximum Gasteiger partial charge on any atom is 0.453 e. The van der Waals surface area contributed by atoms with Crippen LogP contribution < -0.4 is 5.32 Å². The van der Waals surface area contributed by atoms with Crippen molar-refractivity contribution in [2.45, 2.75) is 25.9 Å². The molecule has 116 valence electrons. The van der Waals surface area contributed by atoms with Gasteiger partial charge in [0.05, 0.1) is 0 Å². The number of nitrogens with one attached hydrogen (secondary N) is 1. The van der Waals surface area contributed by atoms with Gasteiger partial charge in [0, 0.05) is 13.2 Å². The summed E-state index contributed by atoms with van der Waals surface area (Å²) in [4.78, 5) is 0. The van der Waals surface area contributed by atoms with Gasteiger partial charge in [-0.2, -0.15) is 17.7 Å². The molecule has 0 bridgehead atoms. The zero-order valence-corrected chi connectivity index (χ0v) is 11.4. The minimum atomic E-state index is -4.60. The number of aromatic nitrogens is 4. The number of hydrogen-bond acceptors (Lipinski definition) is 5. The van der Waals surface area contributed by atoms with Crippen LogP contribution in [0.25, 0.3) is 5.65 Å². The number of nitrogens with zero attached hydrogens (tertiary/aromatic N) is 4. The van der Waals surface area contributed by atoms with E-state index in [2.05, 4.69) is 20.6 Å². The number of rotatable bonds is 6. The Kier molecular flexibility index (Phi) is 4.61. The Balaban J connectivity index is 2.05. The number of hydrogen-bond donors (Lipinski definition) is 2. The largest absolute Gasteiger partial charge is 0.453 e. The monoisotopic (exact) mass is 303 g/mol. The topological polar surface area (TPSA) is 75.3 Å². The van der Waals surface area contributed by atoms with Crippen molar-refractivity contribution >= 4 is 11.5 Å². The Morgan fingerprint density at radius 3 is 2.76 bits per heavy atom. The highest BCUT2D eigenvalue weighted by atomic mass is 19.4. The second kappa shape index (κ2) is 6.25. The van der Waals surface area contributed by atoms with Gasteiger partial charge in [-0.15, -0.1) is 15.3 Å². The minimum Gasteiger partial charge on any atom is -0.396 e. The number of alkyl halides is 3. The van der Waals surface area contributed by atoms with Crippen LogP contribution in [0.2, 0.25) is 0 Å². The van der Waals surface area contributed by atoms with Crippen molar-refractivity contribution in [3.63, 3.8) is 0 Å². The molecule has 2 aromatic heterocycles.